The van der Waals surface area contributed by atoms with Crippen LogP contribution in [-0.4, -0.2) is 56.1 Å². The number of nitrogens with zero attached hydrogens (tertiary/aromatic N) is 6. The van der Waals surface area contributed by atoms with Gasteiger partial charge in [-0.05, 0) is 25.0 Å². The lowest BCUT2D eigenvalue weighted by atomic mass is 10.0. The lowest BCUT2D eigenvalue weighted by Gasteiger charge is -2.43. The minimum Gasteiger partial charge on any atom is -0.477 e. The highest BCUT2D eigenvalue weighted by Crippen LogP contribution is 2.40. The van der Waals surface area contributed by atoms with Gasteiger partial charge >= 0.3 is 5.97 Å². The maximum Gasteiger partial charge on any atom is 0.347 e. The molecular weight excluding hydrogens is 442 g/mol. The Balaban J connectivity index is 1.52. The average molecular weight is 466 g/mol. The lowest BCUT2D eigenvalue weighted by molar-refractivity contribution is -0.120. The average Bonchev–Trinajstić information content (AvgIpc) is 3.51. The van der Waals surface area contributed by atoms with E-state index in [0.29, 0.717) is 29.0 Å². The van der Waals surface area contributed by atoms with Crippen molar-refractivity contribution >= 4 is 45.8 Å². The third kappa shape index (κ3) is 4.11. The van der Waals surface area contributed by atoms with Gasteiger partial charge in [-0.15, -0.1) is 0 Å². The molecule has 0 bridgehead atoms. The molecule has 4 heterocycles. The zero-order valence-corrected chi connectivity index (χ0v) is 18.8. The largest absolute Gasteiger partial charge is 0.477 e. The van der Waals surface area contributed by atoms with Gasteiger partial charge in [0.25, 0.3) is 0 Å². The fourth-order valence-electron chi connectivity index (χ4n) is 4.50. The van der Waals surface area contributed by atoms with Crippen LogP contribution in [0.1, 0.15) is 41.0 Å². The maximum atomic E-state index is 13.4. The zero-order chi connectivity index (χ0) is 22.9. The molecule has 11 heteroatoms. The van der Waals surface area contributed by atoms with Crippen molar-refractivity contribution in [1.29, 1.82) is 0 Å². The van der Waals surface area contributed by atoms with E-state index in [1.54, 1.807) is 24.3 Å². The summed E-state index contributed by atoms with van der Waals surface area (Å²) in [6.45, 7) is 0. The molecule has 1 atom stereocenters. The van der Waals surface area contributed by atoms with Gasteiger partial charge in [-0.3, -0.25) is 15.1 Å². The Bertz CT molecular complexity index is 1180. The normalized spacial score (nSPS) is 18.5. The highest BCUT2D eigenvalue weighted by atomic mass is 32.1. The number of likely N-dealkylation sites (N-methyl/N-ethyl adjacent to an activating group) is 1. The molecule has 170 valence electrons. The monoisotopic (exact) mass is 465 g/mol. The number of carbonyl (C=O) groups excluding carboxylic acids is 1. The third-order valence-electron chi connectivity index (χ3n) is 6.09. The van der Waals surface area contributed by atoms with Crippen LogP contribution in [0, 0.1) is 0 Å². The van der Waals surface area contributed by atoms with Crippen molar-refractivity contribution in [3.05, 3.63) is 47.4 Å². The quantitative estimate of drug-likeness (QED) is 0.565. The van der Waals surface area contributed by atoms with Gasteiger partial charge in [0, 0.05) is 31.4 Å². The molecule has 0 radical (unpaired) electrons. The Morgan fingerprint density at radius 1 is 1.21 bits per heavy atom. The SMILES string of the molecule is CN1C(=O)[C@@H](Cc2ccccn2)N(C2CCCC2)c2nc(Nc3ncc(C(=O)O)s3)ncc21. The Morgan fingerprint density at radius 2 is 2.03 bits per heavy atom. The van der Waals surface area contributed by atoms with Crippen LogP contribution >= 0.6 is 11.3 Å². The van der Waals surface area contributed by atoms with Crippen molar-refractivity contribution in [2.24, 2.45) is 0 Å². The molecule has 10 nitrogen and oxygen atoms in total. The molecule has 3 aromatic rings. The van der Waals surface area contributed by atoms with E-state index in [1.165, 1.54) is 6.20 Å². The number of amides is 1. The maximum absolute atomic E-state index is 13.4. The van der Waals surface area contributed by atoms with Crippen LogP contribution in [-0.2, 0) is 11.2 Å². The van der Waals surface area contributed by atoms with Crippen LogP contribution in [0.5, 0.6) is 0 Å². The number of aromatic nitrogens is 4. The molecule has 33 heavy (non-hydrogen) atoms. The van der Waals surface area contributed by atoms with E-state index in [9.17, 15) is 9.59 Å². The van der Waals surface area contributed by atoms with Crippen molar-refractivity contribution in [3.63, 3.8) is 0 Å². The Labute approximate surface area is 194 Å². The Kier molecular flexibility index (Phi) is 5.63. The van der Waals surface area contributed by atoms with Gasteiger partial charge in [0.1, 0.15) is 16.6 Å². The van der Waals surface area contributed by atoms with Gasteiger partial charge in [0.05, 0.1) is 12.4 Å². The molecule has 1 aliphatic carbocycles. The number of nitrogens with one attached hydrogen (secondary N) is 1. The summed E-state index contributed by atoms with van der Waals surface area (Å²) in [5, 5.41) is 12.5. The first-order valence-electron chi connectivity index (χ1n) is 10.8. The number of aromatic carboxylic acids is 1. The van der Waals surface area contributed by atoms with Gasteiger partial charge in [-0.2, -0.15) is 4.98 Å². The number of fused-ring (bicyclic) bond motifs is 1. The molecule has 1 aliphatic heterocycles. The molecule has 0 aromatic carbocycles. The molecule has 0 unspecified atom stereocenters. The second-order valence-corrected chi connectivity index (χ2v) is 9.18. The van der Waals surface area contributed by atoms with Crippen LogP contribution < -0.4 is 15.1 Å². The predicted molar refractivity (Wildman–Crippen MR) is 124 cm³/mol. The predicted octanol–water partition coefficient (Wildman–Crippen LogP) is 3.11. The number of rotatable bonds is 6. The Hall–Kier alpha value is -3.60. The van der Waals surface area contributed by atoms with Crippen molar-refractivity contribution < 1.29 is 14.7 Å². The second kappa shape index (κ2) is 8.74. The van der Waals surface area contributed by atoms with E-state index in [4.69, 9.17) is 10.1 Å². The summed E-state index contributed by atoms with van der Waals surface area (Å²) in [6.07, 6.45) is 9.38. The summed E-state index contributed by atoms with van der Waals surface area (Å²) < 4.78 is 0. The summed E-state index contributed by atoms with van der Waals surface area (Å²) in [4.78, 5) is 46.2. The number of carboxylic acids is 1. The fourth-order valence-corrected chi connectivity index (χ4v) is 5.15. The number of pyridine rings is 1. The summed E-state index contributed by atoms with van der Waals surface area (Å²) >= 11 is 1.01. The van der Waals surface area contributed by atoms with Crippen LogP contribution in [0.15, 0.2) is 36.8 Å². The van der Waals surface area contributed by atoms with E-state index in [-0.39, 0.29) is 16.8 Å². The summed E-state index contributed by atoms with van der Waals surface area (Å²) in [5.41, 5.74) is 1.51. The van der Waals surface area contributed by atoms with Gasteiger partial charge < -0.3 is 14.9 Å². The first-order chi connectivity index (χ1) is 16.0. The molecule has 3 aromatic heterocycles. The van der Waals surface area contributed by atoms with Crippen molar-refractivity contribution in [3.8, 4) is 0 Å². The van der Waals surface area contributed by atoms with Crippen molar-refractivity contribution in [1.82, 2.24) is 19.9 Å². The standard InChI is InChI=1S/C22H23N7O3S/c1-28-16-11-24-21(27-22-25-12-17(33-22)20(31)32)26-18(16)29(14-7-2-3-8-14)15(19(28)30)10-13-6-4-5-9-23-13/h4-6,9,11-12,14-15H,2-3,7-8,10H2,1H3,(H,31,32)(H,24,25,26,27)/t15-/m1/s1. The minimum atomic E-state index is -1.03. The zero-order valence-electron chi connectivity index (χ0n) is 18.0. The molecule has 0 spiro atoms. The molecule has 0 saturated heterocycles. The topological polar surface area (TPSA) is 124 Å². The second-order valence-electron chi connectivity index (χ2n) is 8.15. The number of anilines is 4. The summed E-state index contributed by atoms with van der Waals surface area (Å²) in [5.74, 6) is -0.0352. The number of carbonyl (C=O) groups is 2. The first-order valence-corrected chi connectivity index (χ1v) is 11.6. The van der Waals surface area contributed by atoms with Gasteiger partial charge in [0.2, 0.25) is 11.9 Å². The van der Waals surface area contributed by atoms with Crippen LogP contribution in [0.3, 0.4) is 0 Å². The van der Waals surface area contributed by atoms with E-state index < -0.39 is 12.0 Å². The minimum absolute atomic E-state index is 0.00427. The van der Waals surface area contributed by atoms with E-state index in [0.717, 1.165) is 42.7 Å². The summed E-state index contributed by atoms with van der Waals surface area (Å²) in [6, 6.07) is 5.52. The molecule has 5 rings (SSSR count). The highest BCUT2D eigenvalue weighted by Gasteiger charge is 2.42. The smallest absolute Gasteiger partial charge is 0.347 e. The van der Waals surface area contributed by atoms with Crippen LogP contribution in [0.2, 0.25) is 0 Å². The van der Waals surface area contributed by atoms with Crippen LogP contribution in [0.4, 0.5) is 22.6 Å². The van der Waals surface area contributed by atoms with Gasteiger partial charge in [-0.25, -0.2) is 14.8 Å². The Morgan fingerprint density at radius 3 is 2.73 bits per heavy atom. The first kappa shape index (κ1) is 21.3. The molecule has 1 saturated carbocycles. The van der Waals surface area contributed by atoms with Crippen molar-refractivity contribution in [2.75, 3.05) is 22.2 Å². The number of hydrogen-bond acceptors (Lipinski definition) is 9. The van der Waals surface area contributed by atoms with Crippen molar-refractivity contribution in [2.45, 2.75) is 44.2 Å². The third-order valence-corrected chi connectivity index (χ3v) is 6.99. The molecule has 2 N–H and O–H groups in total. The highest BCUT2D eigenvalue weighted by molar-refractivity contribution is 7.17. The van der Waals surface area contributed by atoms with E-state index in [2.05, 4.69) is 25.2 Å². The summed E-state index contributed by atoms with van der Waals surface area (Å²) in [7, 11) is 1.75. The van der Waals surface area contributed by atoms with E-state index in [1.807, 2.05) is 18.2 Å². The van der Waals surface area contributed by atoms with E-state index >= 15 is 0 Å². The van der Waals surface area contributed by atoms with Gasteiger partial charge in [0.15, 0.2) is 10.9 Å². The molecule has 2 aliphatic rings. The molecule has 1 fully saturated rings. The number of carboxylic acid groups (broad SMARTS) is 1. The van der Waals surface area contributed by atoms with Crippen LogP contribution in [0.25, 0.3) is 0 Å². The fraction of sp³-hybridized carbons (Fsp3) is 0.364. The number of hydrogen-bond donors (Lipinski definition) is 2. The van der Waals surface area contributed by atoms with Gasteiger partial charge in [-0.1, -0.05) is 30.2 Å². The lowest BCUT2D eigenvalue weighted by Crippen LogP contribution is -2.57. The molecular formula is C22H23N7O3S. The number of thiazole rings is 1. The molecule has 1 amide bonds.